The Hall–Kier alpha value is -1.55. The average Bonchev–Trinajstić information content (AvgIpc) is 3.09. The lowest BCUT2D eigenvalue weighted by Crippen LogP contribution is -2.33. The molecule has 2 atom stereocenters. The van der Waals surface area contributed by atoms with Crippen LogP contribution in [-0.2, 0) is 0 Å². The number of nitrogens with two attached hydrogens (primary N) is 1. The van der Waals surface area contributed by atoms with Gasteiger partial charge in [-0.25, -0.2) is 0 Å². The third-order valence-corrected chi connectivity index (χ3v) is 5.51. The molecule has 0 spiro atoms. The first-order chi connectivity index (χ1) is 10.7. The Morgan fingerprint density at radius 3 is 2.55 bits per heavy atom. The Morgan fingerprint density at radius 2 is 1.82 bits per heavy atom. The number of hydrogen-bond donors (Lipinski definition) is 1. The topological polar surface area (TPSA) is 49.6 Å². The molecule has 0 bridgehead atoms. The van der Waals surface area contributed by atoms with Crippen LogP contribution in [0.15, 0.2) is 24.3 Å². The fourth-order valence-corrected chi connectivity index (χ4v) is 4.10. The number of benzene rings is 1. The lowest BCUT2D eigenvalue weighted by Gasteiger charge is -2.24. The number of carbonyl (C=O) groups excluding carboxylic acids is 1. The summed E-state index contributed by atoms with van der Waals surface area (Å²) in [5, 5.41) is 0. The van der Waals surface area contributed by atoms with E-state index in [1.54, 1.807) is 0 Å². The van der Waals surface area contributed by atoms with Crippen LogP contribution in [0.4, 0.5) is 5.69 Å². The van der Waals surface area contributed by atoms with Crippen molar-refractivity contribution >= 4 is 11.6 Å². The van der Waals surface area contributed by atoms with Crippen molar-refractivity contribution in [3.05, 3.63) is 29.8 Å². The summed E-state index contributed by atoms with van der Waals surface area (Å²) in [6, 6.07) is 8.24. The molecule has 4 nitrogen and oxygen atoms in total. The van der Waals surface area contributed by atoms with Crippen LogP contribution in [0.3, 0.4) is 0 Å². The molecule has 2 saturated heterocycles. The number of hydrogen-bond acceptors (Lipinski definition) is 3. The molecule has 3 fully saturated rings. The van der Waals surface area contributed by atoms with Crippen molar-refractivity contribution in [2.45, 2.75) is 31.7 Å². The number of likely N-dealkylation sites (tertiary alicyclic amines) is 1. The van der Waals surface area contributed by atoms with E-state index in [-0.39, 0.29) is 11.9 Å². The molecular formula is C18H25N3O. The fraction of sp³-hybridized carbons (Fsp3) is 0.611. The standard InChI is InChI=1S/C18H25N3O/c19-16-12-21(11-15(16)13-7-8-13)18(22)14-5-1-2-6-17(14)20-9-3-4-10-20/h1-2,5-6,13,15-16H,3-4,7-12,19H2/t15-,16+/m1/s1. The summed E-state index contributed by atoms with van der Waals surface area (Å²) in [6.45, 7) is 3.69. The second-order valence-corrected chi connectivity index (χ2v) is 7.09. The Morgan fingerprint density at radius 1 is 1.09 bits per heavy atom. The summed E-state index contributed by atoms with van der Waals surface area (Å²) in [4.78, 5) is 17.3. The van der Waals surface area contributed by atoms with Gasteiger partial charge in [0.15, 0.2) is 0 Å². The van der Waals surface area contributed by atoms with E-state index in [1.807, 2.05) is 23.1 Å². The largest absolute Gasteiger partial charge is 0.371 e. The molecule has 1 aromatic carbocycles. The minimum Gasteiger partial charge on any atom is -0.371 e. The van der Waals surface area contributed by atoms with Gasteiger partial charge in [-0.05, 0) is 49.7 Å². The number of nitrogens with zero attached hydrogens (tertiary/aromatic N) is 2. The molecule has 1 amide bonds. The molecular weight excluding hydrogens is 274 g/mol. The van der Waals surface area contributed by atoms with E-state index < -0.39 is 0 Å². The second kappa shape index (κ2) is 5.58. The first kappa shape index (κ1) is 14.1. The third-order valence-electron chi connectivity index (χ3n) is 5.51. The van der Waals surface area contributed by atoms with Gasteiger partial charge in [0.05, 0.1) is 5.56 Å². The van der Waals surface area contributed by atoms with Gasteiger partial charge in [0.25, 0.3) is 5.91 Å². The zero-order chi connectivity index (χ0) is 15.1. The average molecular weight is 299 g/mol. The lowest BCUT2D eigenvalue weighted by molar-refractivity contribution is 0.0785. The van der Waals surface area contributed by atoms with E-state index in [1.165, 1.54) is 25.7 Å². The lowest BCUT2D eigenvalue weighted by atomic mass is 9.99. The minimum atomic E-state index is 0.162. The van der Waals surface area contributed by atoms with Crippen molar-refractivity contribution in [1.29, 1.82) is 0 Å². The van der Waals surface area contributed by atoms with Crippen molar-refractivity contribution in [2.75, 3.05) is 31.1 Å². The highest BCUT2D eigenvalue weighted by atomic mass is 16.2. The molecule has 2 aliphatic heterocycles. The summed E-state index contributed by atoms with van der Waals surface area (Å²) in [7, 11) is 0. The van der Waals surface area contributed by atoms with E-state index in [0.29, 0.717) is 12.5 Å². The summed E-state index contributed by atoms with van der Waals surface area (Å²) in [5.74, 6) is 1.45. The molecule has 3 aliphatic rings. The van der Waals surface area contributed by atoms with Gasteiger partial charge < -0.3 is 15.5 Å². The number of anilines is 1. The Kier molecular flexibility index (Phi) is 3.57. The van der Waals surface area contributed by atoms with Crippen LogP contribution in [0.2, 0.25) is 0 Å². The van der Waals surface area contributed by atoms with Crippen LogP contribution in [0.25, 0.3) is 0 Å². The molecule has 2 N–H and O–H groups in total. The fourth-order valence-electron chi connectivity index (χ4n) is 4.10. The molecule has 1 aliphatic carbocycles. The van der Waals surface area contributed by atoms with Crippen LogP contribution in [-0.4, -0.2) is 43.0 Å². The molecule has 118 valence electrons. The second-order valence-electron chi connectivity index (χ2n) is 7.09. The van der Waals surface area contributed by atoms with Gasteiger partial charge >= 0.3 is 0 Å². The first-order valence-corrected chi connectivity index (χ1v) is 8.63. The maximum absolute atomic E-state index is 13.0. The quantitative estimate of drug-likeness (QED) is 0.930. The van der Waals surface area contributed by atoms with Crippen LogP contribution in [0.1, 0.15) is 36.0 Å². The zero-order valence-corrected chi connectivity index (χ0v) is 13.1. The van der Waals surface area contributed by atoms with Crippen molar-refractivity contribution < 1.29 is 4.79 Å². The Bertz CT molecular complexity index is 563. The highest BCUT2D eigenvalue weighted by molar-refractivity contribution is 6.00. The van der Waals surface area contributed by atoms with Gasteiger partial charge in [-0.2, -0.15) is 0 Å². The molecule has 22 heavy (non-hydrogen) atoms. The van der Waals surface area contributed by atoms with Gasteiger partial charge in [-0.15, -0.1) is 0 Å². The number of amides is 1. The first-order valence-electron chi connectivity index (χ1n) is 8.63. The van der Waals surface area contributed by atoms with E-state index in [4.69, 9.17) is 5.73 Å². The smallest absolute Gasteiger partial charge is 0.256 e. The Labute approximate surface area is 132 Å². The molecule has 0 unspecified atom stereocenters. The van der Waals surface area contributed by atoms with E-state index in [9.17, 15) is 4.79 Å². The van der Waals surface area contributed by atoms with Gasteiger partial charge in [0.2, 0.25) is 0 Å². The zero-order valence-electron chi connectivity index (χ0n) is 13.1. The predicted molar refractivity (Wildman–Crippen MR) is 88.0 cm³/mol. The molecule has 4 rings (SSSR count). The number of rotatable bonds is 3. The van der Waals surface area contributed by atoms with Crippen LogP contribution < -0.4 is 10.6 Å². The molecule has 0 aromatic heterocycles. The third kappa shape index (κ3) is 2.50. The predicted octanol–water partition coefficient (Wildman–Crippen LogP) is 2.10. The molecule has 1 saturated carbocycles. The molecule has 2 heterocycles. The monoisotopic (exact) mass is 299 g/mol. The van der Waals surface area contributed by atoms with E-state index in [0.717, 1.165) is 36.8 Å². The SMILES string of the molecule is N[C@H]1CN(C(=O)c2ccccc2N2CCCC2)C[C@@H]1C1CC1. The number of carbonyl (C=O) groups is 1. The van der Waals surface area contributed by atoms with Gasteiger partial charge in [0.1, 0.15) is 0 Å². The number of para-hydroxylation sites is 1. The molecule has 1 aromatic rings. The maximum atomic E-state index is 13.0. The van der Waals surface area contributed by atoms with Crippen LogP contribution in [0.5, 0.6) is 0 Å². The summed E-state index contributed by atoms with van der Waals surface area (Å²) in [5.41, 5.74) is 8.24. The van der Waals surface area contributed by atoms with Gasteiger partial charge in [0, 0.05) is 37.9 Å². The molecule has 0 radical (unpaired) electrons. The van der Waals surface area contributed by atoms with Gasteiger partial charge in [-0.3, -0.25) is 4.79 Å². The Balaban J connectivity index is 1.55. The summed E-state index contributed by atoms with van der Waals surface area (Å²) in [6.07, 6.45) is 5.04. The summed E-state index contributed by atoms with van der Waals surface area (Å²) >= 11 is 0. The molecule has 4 heteroatoms. The van der Waals surface area contributed by atoms with Crippen LogP contribution >= 0.6 is 0 Å². The normalized spacial score (nSPS) is 28.4. The van der Waals surface area contributed by atoms with Crippen LogP contribution in [0, 0.1) is 11.8 Å². The van der Waals surface area contributed by atoms with E-state index >= 15 is 0 Å². The maximum Gasteiger partial charge on any atom is 0.256 e. The summed E-state index contributed by atoms with van der Waals surface area (Å²) < 4.78 is 0. The van der Waals surface area contributed by atoms with Crippen molar-refractivity contribution in [2.24, 2.45) is 17.6 Å². The van der Waals surface area contributed by atoms with E-state index in [2.05, 4.69) is 11.0 Å². The highest BCUT2D eigenvalue weighted by Crippen LogP contribution is 2.41. The van der Waals surface area contributed by atoms with Crippen molar-refractivity contribution in [3.8, 4) is 0 Å². The van der Waals surface area contributed by atoms with Crippen molar-refractivity contribution in [1.82, 2.24) is 4.90 Å². The minimum absolute atomic E-state index is 0.162. The van der Waals surface area contributed by atoms with Crippen molar-refractivity contribution in [3.63, 3.8) is 0 Å². The highest BCUT2D eigenvalue weighted by Gasteiger charge is 2.42. The van der Waals surface area contributed by atoms with Gasteiger partial charge in [-0.1, -0.05) is 12.1 Å².